The molecule has 9 nitrogen and oxygen atoms in total. The number of esters is 2. The van der Waals surface area contributed by atoms with Crippen molar-refractivity contribution in [1.82, 2.24) is 4.90 Å². The summed E-state index contributed by atoms with van der Waals surface area (Å²) in [5, 5.41) is 20.8. The molecule has 1 unspecified atom stereocenters. The first-order chi connectivity index (χ1) is 15.2. The number of phenolic OH excluding ortho intramolecular Hbond substituents is 1. The normalized spacial score (nSPS) is 15.8. The van der Waals surface area contributed by atoms with Gasteiger partial charge in [-0.25, -0.2) is 9.59 Å². The lowest BCUT2D eigenvalue weighted by molar-refractivity contribution is -0.384. The highest BCUT2D eigenvalue weighted by atomic mass is 16.6. The molecule has 1 N–H and O–H groups in total. The molecule has 0 saturated heterocycles. The molecule has 1 aliphatic rings. The Hall–Kier alpha value is -4.14. The predicted octanol–water partition coefficient (Wildman–Crippen LogP) is 3.40. The maximum Gasteiger partial charge on any atom is 0.355 e. The van der Waals surface area contributed by atoms with Gasteiger partial charge in [-0.2, -0.15) is 0 Å². The number of carbonyl (C=O) groups excluding carboxylic acids is 2. The minimum Gasteiger partial charge on any atom is -0.508 e. The number of ether oxygens (including phenoxy) is 2. The lowest BCUT2D eigenvalue weighted by Gasteiger charge is -2.32. The summed E-state index contributed by atoms with van der Waals surface area (Å²) in [6, 6.07) is 12.1. The van der Waals surface area contributed by atoms with Crippen LogP contribution in [0.15, 0.2) is 71.6 Å². The van der Waals surface area contributed by atoms with Gasteiger partial charge in [-0.3, -0.25) is 10.1 Å². The summed E-state index contributed by atoms with van der Waals surface area (Å²) in [5.41, 5.74) is 1.54. The Morgan fingerprint density at radius 3 is 2.53 bits per heavy atom. The van der Waals surface area contributed by atoms with Gasteiger partial charge >= 0.3 is 11.9 Å². The van der Waals surface area contributed by atoms with Gasteiger partial charge in [0, 0.05) is 30.8 Å². The summed E-state index contributed by atoms with van der Waals surface area (Å²) in [6.45, 7) is 1.63. The molecule has 1 heterocycles. The Labute approximate surface area is 184 Å². The van der Waals surface area contributed by atoms with Crippen LogP contribution >= 0.6 is 0 Å². The summed E-state index contributed by atoms with van der Waals surface area (Å²) >= 11 is 0. The standard InChI is InChI=1S/C23H22N2O7/c1-14-10-19(16-7-5-8-17(12-16)25(29)30)20(22(27)31-3)21(24(14)2)23(28)32-13-15-6-4-9-18(26)11-15/h4-12,19,26H,13H2,1-3H3. The highest BCUT2D eigenvalue weighted by Crippen LogP contribution is 2.38. The van der Waals surface area contributed by atoms with Crippen LogP contribution in [0.3, 0.4) is 0 Å². The van der Waals surface area contributed by atoms with Gasteiger partial charge in [-0.1, -0.05) is 30.3 Å². The van der Waals surface area contributed by atoms with Crippen LogP contribution in [0.5, 0.6) is 5.75 Å². The van der Waals surface area contributed by atoms with Crippen LogP contribution in [0.2, 0.25) is 0 Å². The van der Waals surface area contributed by atoms with Gasteiger partial charge in [0.05, 0.1) is 17.6 Å². The molecule has 0 bridgehead atoms. The number of nitro groups is 1. The first kappa shape index (κ1) is 22.5. The number of nitro benzene ring substituents is 1. The van der Waals surface area contributed by atoms with Crippen molar-refractivity contribution in [3.8, 4) is 5.75 Å². The zero-order chi connectivity index (χ0) is 23.4. The van der Waals surface area contributed by atoms with E-state index in [0.29, 0.717) is 16.8 Å². The van der Waals surface area contributed by atoms with E-state index in [1.165, 1.54) is 42.3 Å². The van der Waals surface area contributed by atoms with Gasteiger partial charge in [-0.05, 0) is 30.2 Å². The quantitative estimate of drug-likeness (QED) is 0.414. The average Bonchev–Trinajstić information content (AvgIpc) is 2.78. The van der Waals surface area contributed by atoms with Crippen LogP contribution in [0.1, 0.15) is 24.0 Å². The number of aromatic hydroxyl groups is 1. The Morgan fingerprint density at radius 1 is 1.16 bits per heavy atom. The van der Waals surface area contributed by atoms with Crippen molar-refractivity contribution in [1.29, 1.82) is 0 Å². The van der Waals surface area contributed by atoms with Crippen molar-refractivity contribution >= 4 is 17.6 Å². The molecule has 0 fully saturated rings. The zero-order valence-electron chi connectivity index (χ0n) is 17.8. The molecular formula is C23H22N2O7. The van der Waals surface area contributed by atoms with Crippen molar-refractivity contribution in [3.63, 3.8) is 0 Å². The summed E-state index contributed by atoms with van der Waals surface area (Å²) in [4.78, 5) is 38.0. The maximum absolute atomic E-state index is 13.1. The number of phenols is 1. The van der Waals surface area contributed by atoms with Crippen LogP contribution in [0, 0.1) is 10.1 Å². The Bertz CT molecular complexity index is 1140. The second kappa shape index (κ2) is 9.34. The summed E-state index contributed by atoms with van der Waals surface area (Å²) in [7, 11) is 2.81. The number of rotatable bonds is 6. The summed E-state index contributed by atoms with van der Waals surface area (Å²) in [5.74, 6) is -2.23. The Morgan fingerprint density at radius 2 is 1.88 bits per heavy atom. The van der Waals surface area contributed by atoms with Crippen LogP contribution in [0.25, 0.3) is 0 Å². The first-order valence-corrected chi connectivity index (χ1v) is 9.67. The minimum absolute atomic E-state index is 0.0157. The third kappa shape index (κ3) is 4.61. The largest absolute Gasteiger partial charge is 0.508 e. The number of benzene rings is 2. The molecule has 2 aromatic carbocycles. The fourth-order valence-corrected chi connectivity index (χ4v) is 3.48. The fraction of sp³-hybridized carbons (Fsp3) is 0.217. The fourth-order valence-electron chi connectivity index (χ4n) is 3.48. The number of allylic oxidation sites excluding steroid dienone is 2. The Kier molecular flexibility index (Phi) is 6.58. The highest BCUT2D eigenvalue weighted by Gasteiger charge is 2.36. The van der Waals surface area contributed by atoms with Crippen LogP contribution in [-0.4, -0.2) is 41.0 Å². The maximum atomic E-state index is 13.1. The van der Waals surface area contributed by atoms with E-state index in [1.807, 2.05) is 0 Å². The molecule has 9 heteroatoms. The predicted molar refractivity (Wildman–Crippen MR) is 114 cm³/mol. The smallest absolute Gasteiger partial charge is 0.355 e. The van der Waals surface area contributed by atoms with E-state index >= 15 is 0 Å². The summed E-state index contributed by atoms with van der Waals surface area (Å²) in [6.07, 6.45) is 1.73. The lowest BCUT2D eigenvalue weighted by Crippen LogP contribution is -2.33. The number of non-ortho nitro benzene ring substituents is 1. The number of nitrogens with zero attached hydrogens (tertiary/aromatic N) is 2. The first-order valence-electron chi connectivity index (χ1n) is 9.67. The number of carbonyl (C=O) groups is 2. The molecule has 1 aliphatic heterocycles. The van der Waals surface area contributed by atoms with Gasteiger partial charge in [0.15, 0.2) is 0 Å². The average molecular weight is 438 g/mol. The van der Waals surface area contributed by atoms with E-state index < -0.39 is 22.8 Å². The molecule has 0 aliphatic carbocycles. The zero-order valence-corrected chi connectivity index (χ0v) is 17.8. The molecule has 3 rings (SSSR count). The van der Waals surface area contributed by atoms with Gasteiger partial charge in [0.1, 0.15) is 18.1 Å². The van der Waals surface area contributed by atoms with Crippen molar-refractivity contribution in [2.45, 2.75) is 19.4 Å². The Balaban J connectivity index is 2.04. The van der Waals surface area contributed by atoms with Crippen LogP contribution < -0.4 is 0 Å². The van der Waals surface area contributed by atoms with E-state index in [0.717, 1.165) is 0 Å². The van der Waals surface area contributed by atoms with E-state index in [2.05, 4.69) is 0 Å². The van der Waals surface area contributed by atoms with Crippen molar-refractivity contribution in [3.05, 3.63) is 92.8 Å². The molecule has 0 amide bonds. The number of methoxy groups -OCH3 is 1. The molecule has 0 saturated carbocycles. The number of hydrogen-bond acceptors (Lipinski definition) is 8. The van der Waals surface area contributed by atoms with Gasteiger partial charge in [0.25, 0.3) is 5.69 Å². The minimum atomic E-state index is -0.765. The molecule has 2 aromatic rings. The topological polar surface area (TPSA) is 119 Å². The monoisotopic (exact) mass is 438 g/mol. The number of hydrogen-bond donors (Lipinski definition) is 1. The molecule has 0 radical (unpaired) electrons. The molecule has 0 aromatic heterocycles. The molecular weight excluding hydrogens is 416 g/mol. The van der Waals surface area contributed by atoms with Gasteiger partial charge < -0.3 is 19.5 Å². The van der Waals surface area contributed by atoms with Crippen molar-refractivity contribution < 1.29 is 29.1 Å². The van der Waals surface area contributed by atoms with E-state index in [4.69, 9.17) is 9.47 Å². The second-order valence-electron chi connectivity index (χ2n) is 7.20. The van der Waals surface area contributed by atoms with E-state index in [-0.39, 0.29) is 29.3 Å². The summed E-state index contributed by atoms with van der Waals surface area (Å²) < 4.78 is 10.4. The van der Waals surface area contributed by atoms with Gasteiger partial charge in [0.2, 0.25) is 0 Å². The van der Waals surface area contributed by atoms with Crippen LogP contribution in [-0.2, 0) is 25.7 Å². The number of likely N-dealkylation sites (N-methyl/N-ethyl adjacent to an activating group) is 1. The molecule has 0 spiro atoms. The van der Waals surface area contributed by atoms with Crippen LogP contribution in [0.4, 0.5) is 5.69 Å². The van der Waals surface area contributed by atoms with Crippen molar-refractivity contribution in [2.75, 3.05) is 14.2 Å². The third-order valence-electron chi connectivity index (χ3n) is 5.16. The van der Waals surface area contributed by atoms with Gasteiger partial charge in [-0.15, -0.1) is 0 Å². The SMILES string of the molecule is COC(=O)C1=C(C(=O)OCc2cccc(O)c2)N(C)C(C)=CC1c1cccc([N+](=O)[O-])c1. The molecule has 32 heavy (non-hydrogen) atoms. The second-order valence-corrected chi connectivity index (χ2v) is 7.20. The van der Waals surface area contributed by atoms with Crippen molar-refractivity contribution in [2.24, 2.45) is 0 Å². The highest BCUT2D eigenvalue weighted by molar-refractivity contribution is 6.02. The van der Waals surface area contributed by atoms with E-state index in [9.17, 15) is 24.8 Å². The molecule has 166 valence electrons. The van der Waals surface area contributed by atoms with E-state index in [1.54, 1.807) is 38.2 Å². The third-order valence-corrected chi connectivity index (χ3v) is 5.16. The lowest BCUT2D eigenvalue weighted by atomic mass is 9.85. The molecule has 1 atom stereocenters.